The number of carbonyl (C=O) groups is 1. The lowest BCUT2D eigenvalue weighted by Crippen LogP contribution is -1.93. The maximum absolute atomic E-state index is 10.6. The Labute approximate surface area is 88.6 Å². The Hall–Kier alpha value is -1.01. The molecule has 6 heteroatoms. The number of benzene rings is 1. The van der Waals surface area contributed by atoms with Gasteiger partial charge in [0.15, 0.2) is 6.29 Å². The third kappa shape index (κ3) is 2.49. The average Bonchev–Trinajstić information content (AvgIpc) is 2.18. The molecule has 0 saturated carbocycles. The van der Waals surface area contributed by atoms with Crippen LogP contribution in [-0.2, 0) is 0 Å². The molecule has 0 bridgehead atoms. The molecule has 0 aliphatic heterocycles. The minimum absolute atomic E-state index is 0.112. The molecule has 0 amide bonds. The Morgan fingerprint density at radius 2 is 2.21 bits per heavy atom. The molecular formula is C8H7NO3S2. The normalized spacial score (nSPS) is 9.79. The summed E-state index contributed by atoms with van der Waals surface area (Å²) in [7, 11) is 2.92. The standard InChI is InChI=1S/C8H7NO3S2/c1-13-14-7-3-2-6(5-10)8(4-7)9(11)12/h2-5H,1H3. The van der Waals surface area contributed by atoms with E-state index in [0.717, 1.165) is 4.90 Å². The van der Waals surface area contributed by atoms with Gasteiger partial charge < -0.3 is 0 Å². The van der Waals surface area contributed by atoms with E-state index in [9.17, 15) is 14.9 Å². The van der Waals surface area contributed by atoms with E-state index in [-0.39, 0.29) is 11.3 Å². The first kappa shape index (κ1) is 11.1. The van der Waals surface area contributed by atoms with Gasteiger partial charge in [0.2, 0.25) is 0 Å². The van der Waals surface area contributed by atoms with Gasteiger partial charge in [-0.15, -0.1) is 0 Å². The van der Waals surface area contributed by atoms with E-state index in [1.165, 1.54) is 33.7 Å². The molecular weight excluding hydrogens is 222 g/mol. The van der Waals surface area contributed by atoms with Crippen LogP contribution in [0.5, 0.6) is 0 Å². The molecule has 0 spiro atoms. The number of nitro benzene ring substituents is 1. The van der Waals surface area contributed by atoms with Gasteiger partial charge in [-0.05, 0) is 18.4 Å². The summed E-state index contributed by atoms with van der Waals surface area (Å²) in [4.78, 5) is 21.3. The van der Waals surface area contributed by atoms with Gasteiger partial charge in [0.1, 0.15) is 0 Å². The Morgan fingerprint density at radius 1 is 1.50 bits per heavy atom. The van der Waals surface area contributed by atoms with Crippen LogP contribution in [0.4, 0.5) is 5.69 Å². The monoisotopic (exact) mass is 229 g/mol. The van der Waals surface area contributed by atoms with Crippen molar-refractivity contribution in [3.63, 3.8) is 0 Å². The zero-order chi connectivity index (χ0) is 10.6. The highest BCUT2D eigenvalue weighted by molar-refractivity contribution is 8.76. The van der Waals surface area contributed by atoms with E-state index in [1.54, 1.807) is 6.07 Å². The number of aldehydes is 1. The Morgan fingerprint density at radius 3 is 2.71 bits per heavy atom. The van der Waals surface area contributed by atoms with Gasteiger partial charge in [-0.2, -0.15) is 0 Å². The minimum atomic E-state index is -0.548. The fourth-order valence-corrected chi connectivity index (χ4v) is 2.29. The molecule has 4 nitrogen and oxygen atoms in total. The van der Waals surface area contributed by atoms with E-state index in [2.05, 4.69) is 0 Å². The molecule has 1 aromatic rings. The summed E-state index contributed by atoms with van der Waals surface area (Å²) in [5, 5.41) is 10.6. The molecule has 1 rings (SSSR count). The van der Waals surface area contributed by atoms with Crippen molar-refractivity contribution in [2.24, 2.45) is 0 Å². The van der Waals surface area contributed by atoms with E-state index in [4.69, 9.17) is 0 Å². The SMILES string of the molecule is CSSc1ccc(C=O)c([N+](=O)[O-])c1. The highest BCUT2D eigenvalue weighted by Gasteiger charge is 2.13. The van der Waals surface area contributed by atoms with E-state index >= 15 is 0 Å². The molecule has 0 aliphatic rings. The zero-order valence-corrected chi connectivity index (χ0v) is 8.93. The van der Waals surface area contributed by atoms with Crippen LogP contribution >= 0.6 is 21.6 Å². The summed E-state index contributed by atoms with van der Waals surface area (Å²) in [5.74, 6) is 0. The van der Waals surface area contributed by atoms with Crippen LogP contribution in [0.25, 0.3) is 0 Å². The molecule has 0 saturated heterocycles. The lowest BCUT2D eigenvalue weighted by molar-refractivity contribution is -0.385. The van der Waals surface area contributed by atoms with E-state index in [0.29, 0.717) is 6.29 Å². The van der Waals surface area contributed by atoms with Crippen molar-refractivity contribution in [1.82, 2.24) is 0 Å². The molecule has 14 heavy (non-hydrogen) atoms. The fraction of sp³-hybridized carbons (Fsp3) is 0.125. The predicted octanol–water partition coefficient (Wildman–Crippen LogP) is 2.78. The largest absolute Gasteiger partial charge is 0.298 e. The molecule has 0 heterocycles. The van der Waals surface area contributed by atoms with Crippen LogP contribution in [0.1, 0.15) is 10.4 Å². The van der Waals surface area contributed by atoms with Crippen molar-refractivity contribution in [3.05, 3.63) is 33.9 Å². The molecule has 0 fully saturated rings. The van der Waals surface area contributed by atoms with Crippen molar-refractivity contribution in [2.45, 2.75) is 4.90 Å². The molecule has 0 unspecified atom stereocenters. The first-order valence-electron chi connectivity index (χ1n) is 3.63. The van der Waals surface area contributed by atoms with Crippen LogP contribution < -0.4 is 0 Å². The number of carbonyl (C=O) groups excluding carboxylic acids is 1. The van der Waals surface area contributed by atoms with Crippen LogP contribution in [0.15, 0.2) is 23.1 Å². The summed E-state index contributed by atoms with van der Waals surface area (Å²) >= 11 is 0. The second-order valence-corrected chi connectivity index (χ2v) is 4.82. The smallest absolute Gasteiger partial charge is 0.281 e. The molecule has 0 aliphatic carbocycles. The number of hydrogen-bond acceptors (Lipinski definition) is 5. The van der Waals surface area contributed by atoms with Crippen molar-refractivity contribution < 1.29 is 9.72 Å². The Balaban J connectivity index is 3.13. The highest BCUT2D eigenvalue weighted by Crippen LogP contribution is 2.31. The van der Waals surface area contributed by atoms with Gasteiger partial charge in [-0.25, -0.2) is 0 Å². The first-order chi connectivity index (χ1) is 6.69. The number of nitrogens with zero attached hydrogens (tertiary/aromatic N) is 1. The van der Waals surface area contributed by atoms with Crippen molar-refractivity contribution in [2.75, 3.05) is 6.26 Å². The van der Waals surface area contributed by atoms with E-state index < -0.39 is 4.92 Å². The minimum Gasteiger partial charge on any atom is -0.298 e. The molecule has 0 N–H and O–H groups in total. The summed E-state index contributed by atoms with van der Waals surface area (Å²) in [6.45, 7) is 0. The molecule has 0 radical (unpaired) electrons. The Kier molecular flexibility index (Phi) is 3.97. The fourth-order valence-electron chi connectivity index (χ4n) is 0.929. The second kappa shape index (κ2) is 5.02. The maximum Gasteiger partial charge on any atom is 0.281 e. The third-order valence-electron chi connectivity index (χ3n) is 1.51. The molecule has 1 aromatic carbocycles. The van der Waals surface area contributed by atoms with Gasteiger partial charge in [-0.3, -0.25) is 14.9 Å². The molecule has 74 valence electrons. The summed E-state index contributed by atoms with van der Waals surface area (Å²) in [6, 6.07) is 4.56. The summed E-state index contributed by atoms with van der Waals surface area (Å²) in [5.41, 5.74) is -0.0282. The Bertz CT molecular complexity index is 368. The van der Waals surface area contributed by atoms with Crippen molar-refractivity contribution in [3.8, 4) is 0 Å². The molecule has 0 aromatic heterocycles. The zero-order valence-electron chi connectivity index (χ0n) is 7.30. The van der Waals surface area contributed by atoms with Gasteiger partial charge >= 0.3 is 0 Å². The first-order valence-corrected chi connectivity index (χ1v) is 6.19. The quantitative estimate of drug-likeness (QED) is 0.344. The number of nitro groups is 1. The predicted molar refractivity (Wildman–Crippen MR) is 57.9 cm³/mol. The van der Waals surface area contributed by atoms with Gasteiger partial charge in [0.05, 0.1) is 10.5 Å². The van der Waals surface area contributed by atoms with Crippen LogP contribution in [0.3, 0.4) is 0 Å². The van der Waals surface area contributed by atoms with Gasteiger partial charge in [-0.1, -0.05) is 21.6 Å². The van der Waals surface area contributed by atoms with Crippen LogP contribution in [0.2, 0.25) is 0 Å². The number of hydrogen-bond donors (Lipinski definition) is 0. The van der Waals surface area contributed by atoms with Crippen molar-refractivity contribution >= 4 is 33.6 Å². The van der Waals surface area contributed by atoms with Crippen LogP contribution in [0, 0.1) is 10.1 Å². The topological polar surface area (TPSA) is 60.2 Å². The highest BCUT2D eigenvalue weighted by atomic mass is 33.1. The third-order valence-corrected chi connectivity index (χ3v) is 3.20. The molecule has 0 atom stereocenters. The van der Waals surface area contributed by atoms with Gasteiger partial charge in [0, 0.05) is 11.0 Å². The van der Waals surface area contributed by atoms with Crippen LogP contribution in [-0.4, -0.2) is 17.5 Å². The lowest BCUT2D eigenvalue weighted by atomic mass is 10.2. The lowest BCUT2D eigenvalue weighted by Gasteiger charge is -1.99. The summed E-state index contributed by atoms with van der Waals surface area (Å²) in [6.07, 6.45) is 2.37. The summed E-state index contributed by atoms with van der Waals surface area (Å²) < 4.78 is 0. The average molecular weight is 229 g/mol. The van der Waals surface area contributed by atoms with Crippen molar-refractivity contribution in [1.29, 1.82) is 0 Å². The number of rotatable bonds is 4. The second-order valence-electron chi connectivity index (χ2n) is 2.35. The van der Waals surface area contributed by atoms with Gasteiger partial charge in [0.25, 0.3) is 5.69 Å². The van der Waals surface area contributed by atoms with E-state index in [1.807, 2.05) is 6.26 Å². The maximum atomic E-state index is 10.6.